The summed E-state index contributed by atoms with van der Waals surface area (Å²) in [5, 5.41) is 8.84. The van der Waals surface area contributed by atoms with Crippen molar-refractivity contribution in [3.8, 4) is 5.75 Å². The SMILES string of the molecule is CCOCOc1c2n(ccc1=O)N([C@@H]1c3ccccc3SCc3cccc(F)c31)C1COCCN1C2=O.O=CO. The van der Waals surface area contributed by atoms with Crippen LogP contribution in [0, 0.1) is 5.82 Å². The molecular formula is C28H28FN3O7S. The van der Waals surface area contributed by atoms with Crippen molar-refractivity contribution < 1.29 is 33.3 Å². The lowest BCUT2D eigenvalue weighted by molar-refractivity contribution is -0.122. The Kier molecular flexibility index (Phi) is 8.38. The molecule has 0 saturated carbocycles. The van der Waals surface area contributed by atoms with Crippen LogP contribution in [0.25, 0.3) is 0 Å². The summed E-state index contributed by atoms with van der Waals surface area (Å²) in [6.07, 6.45) is 1.04. The molecule has 12 heteroatoms. The lowest BCUT2D eigenvalue weighted by Gasteiger charge is -2.51. The van der Waals surface area contributed by atoms with Gasteiger partial charge in [-0.1, -0.05) is 30.3 Å². The summed E-state index contributed by atoms with van der Waals surface area (Å²) in [5.41, 5.74) is 2.01. The van der Waals surface area contributed by atoms with E-state index in [1.54, 1.807) is 33.6 Å². The topological polar surface area (TPSA) is 111 Å². The van der Waals surface area contributed by atoms with Crippen LogP contribution < -0.4 is 15.2 Å². The average molecular weight is 570 g/mol. The first-order chi connectivity index (χ1) is 19.5. The van der Waals surface area contributed by atoms with Gasteiger partial charge < -0.3 is 24.2 Å². The molecule has 0 bridgehead atoms. The molecule has 3 aliphatic rings. The van der Waals surface area contributed by atoms with E-state index in [-0.39, 0.29) is 43.0 Å². The van der Waals surface area contributed by atoms with E-state index in [0.29, 0.717) is 31.1 Å². The van der Waals surface area contributed by atoms with Crippen LogP contribution in [0.5, 0.6) is 5.75 Å². The number of hydrogen-bond acceptors (Lipinski definition) is 8. The van der Waals surface area contributed by atoms with Crippen molar-refractivity contribution >= 4 is 24.1 Å². The number of amides is 1. The molecule has 0 spiro atoms. The number of nitrogens with zero attached hydrogens (tertiary/aromatic N) is 3. The quantitative estimate of drug-likeness (QED) is 0.281. The number of benzene rings is 2. The molecule has 1 fully saturated rings. The molecule has 4 heterocycles. The van der Waals surface area contributed by atoms with Crippen LogP contribution in [0.1, 0.15) is 40.1 Å². The largest absolute Gasteiger partial charge is 0.483 e. The number of hydrogen-bond donors (Lipinski definition) is 1. The van der Waals surface area contributed by atoms with Crippen molar-refractivity contribution in [1.82, 2.24) is 9.58 Å². The van der Waals surface area contributed by atoms with E-state index >= 15 is 4.39 Å². The third kappa shape index (κ3) is 4.93. The van der Waals surface area contributed by atoms with E-state index in [2.05, 4.69) is 0 Å². The fourth-order valence-electron chi connectivity index (χ4n) is 5.28. The van der Waals surface area contributed by atoms with Crippen molar-refractivity contribution in [3.63, 3.8) is 0 Å². The fourth-order valence-corrected chi connectivity index (χ4v) is 6.36. The number of carbonyl (C=O) groups is 2. The van der Waals surface area contributed by atoms with Gasteiger partial charge in [0.1, 0.15) is 18.0 Å². The lowest BCUT2D eigenvalue weighted by Crippen LogP contribution is -2.66. The molecular weight excluding hydrogens is 541 g/mol. The Morgan fingerprint density at radius 3 is 2.77 bits per heavy atom. The van der Waals surface area contributed by atoms with Gasteiger partial charge in [0.05, 0.1) is 13.2 Å². The van der Waals surface area contributed by atoms with Gasteiger partial charge in [-0.2, -0.15) is 0 Å². The molecule has 6 rings (SSSR count). The Hall–Kier alpha value is -3.87. The maximum atomic E-state index is 15.7. The third-order valence-electron chi connectivity index (χ3n) is 6.92. The predicted octanol–water partition coefficient (Wildman–Crippen LogP) is 3.21. The number of thioether (sulfide) groups is 1. The number of fused-ring (bicyclic) bond motifs is 4. The van der Waals surface area contributed by atoms with Gasteiger partial charge in [0.25, 0.3) is 12.4 Å². The molecule has 40 heavy (non-hydrogen) atoms. The van der Waals surface area contributed by atoms with E-state index in [4.69, 9.17) is 24.1 Å². The molecule has 210 valence electrons. The highest BCUT2D eigenvalue weighted by Crippen LogP contribution is 2.45. The zero-order chi connectivity index (χ0) is 28.2. The second-order valence-electron chi connectivity index (χ2n) is 9.04. The highest BCUT2D eigenvalue weighted by molar-refractivity contribution is 7.98. The molecule has 1 aromatic heterocycles. The Bertz CT molecular complexity index is 1470. The van der Waals surface area contributed by atoms with E-state index in [1.807, 2.05) is 42.3 Å². The van der Waals surface area contributed by atoms with Crippen LogP contribution in [0.15, 0.2) is 64.4 Å². The summed E-state index contributed by atoms with van der Waals surface area (Å²) in [5.74, 6) is -0.132. The monoisotopic (exact) mass is 569 g/mol. The third-order valence-corrected chi connectivity index (χ3v) is 8.06. The molecule has 2 atom stereocenters. The van der Waals surface area contributed by atoms with Crippen molar-refractivity contribution in [2.24, 2.45) is 0 Å². The van der Waals surface area contributed by atoms with Gasteiger partial charge in [-0.25, -0.2) is 4.39 Å². The standard InChI is InChI=1S/C27H26FN3O5S.CH2O2/c1-2-34-16-36-26-20(32)10-11-30-25(26)27(33)29-12-13-35-14-22(29)31(30)24-18-7-3-4-9-21(18)37-15-17-6-5-8-19(28)23(17)24;2-1-3/h3-11,22,24H,2,12-16H2,1H3;1H,(H,2,3)/t22?,24-;/m1./s1. The minimum Gasteiger partial charge on any atom is -0.483 e. The summed E-state index contributed by atoms with van der Waals surface area (Å²) >= 11 is 1.65. The molecule has 0 aliphatic carbocycles. The van der Waals surface area contributed by atoms with E-state index in [9.17, 15) is 9.59 Å². The molecule has 3 aliphatic heterocycles. The van der Waals surface area contributed by atoms with Gasteiger partial charge in [0, 0.05) is 41.6 Å². The fraction of sp³-hybridized carbons (Fsp3) is 0.321. The molecule has 1 unspecified atom stereocenters. The van der Waals surface area contributed by atoms with Crippen molar-refractivity contribution in [3.05, 3.63) is 93.2 Å². The van der Waals surface area contributed by atoms with Crippen molar-refractivity contribution in [2.75, 3.05) is 38.2 Å². The molecule has 2 aromatic carbocycles. The highest BCUT2D eigenvalue weighted by atomic mass is 32.2. The number of ether oxygens (including phenoxy) is 3. The minimum atomic E-state index is -0.592. The maximum Gasteiger partial charge on any atom is 0.290 e. The Morgan fingerprint density at radius 2 is 1.98 bits per heavy atom. The number of carboxylic acid groups (broad SMARTS) is 1. The number of carbonyl (C=O) groups excluding carboxylic acids is 1. The van der Waals surface area contributed by atoms with Crippen LogP contribution >= 0.6 is 11.8 Å². The number of rotatable bonds is 5. The van der Waals surface area contributed by atoms with Crippen LogP contribution in [-0.4, -0.2) is 66.4 Å². The minimum absolute atomic E-state index is 0.0825. The van der Waals surface area contributed by atoms with Gasteiger partial charge in [0.2, 0.25) is 11.2 Å². The lowest BCUT2D eigenvalue weighted by atomic mass is 9.93. The number of aromatic nitrogens is 1. The Balaban J connectivity index is 0.00000103. The Labute approximate surface area is 233 Å². The predicted molar refractivity (Wildman–Crippen MR) is 145 cm³/mol. The summed E-state index contributed by atoms with van der Waals surface area (Å²) in [6.45, 7) is 2.74. The molecule has 10 nitrogen and oxygen atoms in total. The van der Waals surface area contributed by atoms with E-state index in [0.717, 1.165) is 16.0 Å². The van der Waals surface area contributed by atoms with Gasteiger partial charge in [-0.3, -0.25) is 24.1 Å². The number of morpholine rings is 1. The van der Waals surface area contributed by atoms with Crippen LogP contribution in [0.3, 0.4) is 0 Å². The van der Waals surface area contributed by atoms with Gasteiger partial charge in [-0.05, 0) is 30.2 Å². The summed E-state index contributed by atoms with van der Waals surface area (Å²) in [4.78, 5) is 37.8. The first-order valence-corrected chi connectivity index (χ1v) is 13.7. The average Bonchev–Trinajstić information content (AvgIpc) is 3.13. The maximum absolute atomic E-state index is 15.7. The number of pyridine rings is 1. The summed E-state index contributed by atoms with van der Waals surface area (Å²) < 4.78 is 34.2. The zero-order valence-electron chi connectivity index (χ0n) is 21.7. The molecule has 0 radical (unpaired) electrons. The van der Waals surface area contributed by atoms with Crippen molar-refractivity contribution in [1.29, 1.82) is 0 Å². The van der Waals surface area contributed by atoms with Crippen LogP contribution in [0.4, 0.5) is 4.39 Å². The molecule has 1 saturated heterocycles. The highest BCUT2D eigenvalue weighted by Gasteiger charge is 2.46. The smallest absolute Gasteiger partial charge is 0.290 e. The van der Waals surface area contributed by atoms with E-state index in [1.165, 1.54) is 12.1 Å². The first-order valence-electron chi connectivity index (χ1n) is 12.7. The second kappa shape index (κ2) is 12.1. The normalized spacial score (nSPS) is 19.2. The number of halogens is 1. The second-order valence-corrected chi connectivity index (χ2v) is 10.1. The molecule has 1 amide bonds. The molecule has 1 N–H and O–H groups in total. The van der Waals surface area contributed by atoms with Gasteiger partial charge in [0.15, 0.2) is 12.5 Å². The zero-order valence-corrected chi connectivity index (χ0v) is 22.5. The molecule has 3 aromatic rings. The van der Waals surface area contributed by atoms with E-state index < -0.39 is 17.6 Å². The van der Waals surface area contributed by atoms with Gasteiger partial charge >= 0.3 is 0 Å². The van der Waals surface area contributed by atoms with Crippen LogP contribution in [-0.2, 0) is 20.0 Å². The van der Waals surface area contributed by atoms with Crippen LogP contribution in [0.2, 0.25) is 0 Å². The Morgan fingerprint density at radius 1 is 1.18 bits per heavy atom. The van der Waals surface area contributed by atoms with Gasteiger partial charge in [-0.15, -0.1) is 11.8 Å². The first kappa shape index (κ1) is 27.7. The summed E-state index contributed by atoms with van der Waals surface area (Å²) in [7, 11) is 0. The van der Waals surface area contributed by atoms with Crippen molar-refractivity contribution in [2.45, 2.75) is 29.8 Å². The summed E-state index contributed by atoms with van der Waals surface area (Å²) in [6, 6.07) is 13.8.